The van der Waals surface area contributed by atoms with Crippen LogP contribution in [0.25, 0.3) is 0 Å². The van der Waals surface area contributed by atoms with Gasteiger partial charge in [0.2, 0.25) is 0 Å². The van der Waals surface area contributed by atoms with E-state index in [1.165, 1.54) is 31.2 Å². The van der Waals surface area contributed by atoms with E-state index in [2.05, 4.69) is 41.3 Å². The molecule has 0 amide bonds. The number of nitrogens with zero attached hydrogens (tertiary/aromatic N) is 2. The van der Waals surface area contributed by atoms with Gasteiger partial charge in [-0.3, -0.25) is 4.98 Å². The second kappa shape index (κ2) is 5.84. The van der Waals surface area contributed by atoms with Crippen molar-refractivity contribution in [2.75, 3.05) is 5.32 Å². The van der Waals surface area contributed by atoms with Crippen LogP contribution in [-0.2, 0) is 0 Å². The normalized spacial score (nSPS) is 18.4. The van der Waals surface area contributed by atoms with Crippen LogP contribution < -0.4 is 5.32 Å². The molecule has 0 atom stereocenters. The lowest BCUT2D eigenvalue weighted by Crippen LogP contribution is -2.20. The molecule has 110 valence electrons. The summed E-state index contributed by atoms with van der Waals surface area (Å²) in [6.45, 7) is 4.75. The summed E-state index contributed by atoms with van der Waals surface area (Å²) in [4.78, 5) is 8.64. The first-order valence-electron chi connectivity index (χ1n) is 7.75. The van der Waals surface area contributed by atoms with Gasteiger partial charge in [0.1, 0.15) is 5.82 Å². The fraction of sp³-hybridized carbons (Fsp3) is 0.444. The van der Waals surface area contributed by atoms with Crippen LogP contribution in [0, 0.1) is 5.41 Å². The summed E-state index contributed by atoms with van der Waals surface area (Å²) in [6, 6.07) is 8.20. The molecule has 1 fully saturated rings. The maximum absolute atomic E-state index is 4.55. The van der Waals surface area contributed by atoms with E-state index < -0.39 is 0 Å². The van der Waals surface area contributed by atoms with E-state index in [-0.39, 0.29) is 0 Å². The Morgan fingerprint density at radius 1 is 1.10 bits per heavy atom. The molecule has 0 aliphatic heterocycles. The van der Waals surface area contributed by atoms with Gasteiger partial charge in [-0.15, -0.1) is 0 Å². The van der Waals surface area contributed by atoms with Crippen molar-refractivity contribution in [2.45, 2.75) is 45.4 Å². The smallest absolute Gasteiger partial charge is 0.130 e. The third-order valence-corrected chi connectivity index (χ3v) is 4.53. The number of pyridine rings is 2. The molecular formula is C18H23N3. The highest BCUT2D eigenvalue weighted by Crippen LogP contribution is 2.42. The molecule has 0 spiro atoms. The first-order valence-corrected chi connectivity index (χ1v) is 7.75. The van der Waals surface area contributed by atoms with Crippen molar-refractivity contribution in [2.24, 2.45) is 5.41 Å². The minimum absolute atomic E-state index is 0.520. The Hall–Kier alpha value is -1.90. The van der Waals surface area contributed by atoms with E-state index >= 15 is 0 Å². The van der Waals surface area contributed by atoms with Gasteiger partial charge in [0.15, 0.2) is 0 Å². The summed E-state index contributed by atoms with van der Waals surface area (Å²) in [5.41, 5.74) is 2.87. The van der Waals surface area contributed by atoms with Crippen molar-refractivity contribution < 1.29 is 0 Å². The average Bonchev–Trinajstić information content (AvgIpc) is 2.49. The summed E-state index contributed by atoms with van der Waals surface area (Å²) < 4.78 is 0. The van der Waals surface area contributed by atoms with Crippen LogP contribution in [-0.4, -0.2) is 9.97 Å². The molecule has 2 aromatic heterocycles. The van der Waals surface area contributed by atoms with E-state index in [0.29, 0.717) is 11.3 Å². The van der Waals surface area contributed by atoms with Gasteiger partial charge >= 0.3 is 0 Å². The molecule has 21 heavy (non-hydrogen) atoms. The van der Waals surface area contributed by atoms with Gasteiger partial charge in [0, 0.05) is 12.4 Å². The van der Waals surface area contributed by atoms with Crippen LogP contribution in [0.3, 0.4) is 0 Å². The molecule has 3 heteroatoms. The van der Waals surface area contributed by atoms with Crippen molar-refractivity contribution in [3.05, 3.63) is 48.4 Å². The van der Waals surface area contributed by atoms with E-state index in [4.69, 9.17) is 0 Å². The first kappa shape index (κ1) is 14.1. The number of hydrogen-bond donors (Lipinski definition) is 1. The number of rotatable bonds is 3. The predicted octanol–water partition coefficient (Wildman–Crippen LogP) is 4.90. The number of hydrogen-bond acceptors (Lipinski definition) is 3. The first-order chi connectivity index (χ1) is 10.1. The van der Waals surface area contributed by atoms with Crippen LogP contribution in [0.4, 0.5) is 11.5 Å². The Bertz CT molecular complexity index is 565. The molecule has 0 radical (unpaired) electrons. The van der Waals surface area contributed by atoms with E-state index in [1.807, 2.05) is 18.3 Å². The van der Waals surface area contributed by atoms with Crippen molar-refractivity contribution in [3.8, 4) is 0 Å². The Labute approximate surface area is 126 Å². The highest BCUT2D eigenvalue weighted by Gasteiger charge is 2.27. The number of nitrogens with one attached hydrogen (secondary N) is 1. The van der Waals surface area contributed by atoms with Crippen molar-refractivity contribution in [3.63, 3.8) is 0 Å². The lowest BCUT2D eigenvalue weighted by molar-refractivity contribution is 0.224. The molecule has 2 aromatic rings. The molecule has 3 nitrogen and oxygen atoms in total. The zero-order valence-electron chi connectivity index (χ0n) is 12.8. The molecule has 1 N–H and O–H groups in total. The van der Waals surface area contributed by atoms with E-state index in [1.54, 1.807) is 12.4 Å². The zero-order valence-corrected chi connectivity index (χ0v) is 12.8. The lowest BCUT2D eigenvalue weighted by Gasteiger charge is -2.34. The van der Waals surface area contributed by atoms with Crippen LogP contribution in [0.2, 0.25) is 0 Å². The topological polar surface area (TPSA) is 37.8 Å². The van der Waals surface area contributed by atoms with Gasteiger partial charge < -0.3 is 5.32 Å². The third kappa shape index (κ3) is 3.60. The fourth-order valence-electron chi connectivity index (χ4n) is 3.04. The van der Waals surface area contributed by atoms with Crippen molar-refractivity contribution >= 4 is 11.5 Å². The Kier molecular flexibility index (Phi) is 3.91. The summed E-state index contributed by atoms with van der Waals surface area (Å²) in [7, 11) is 0. The van der Waals surface area contributed by atoms with Gasteiger partial charge in [0.25, 0.3) is 0 Å². The van der Waals surface area contributed by atoms with Crippen LogP contribution in [0.5, 0.6) is 0 Å². The van der Waals surface area contributed by atoms with E-state index in [0.717, 1.165) is 11.5 Å². The molecule has 3 rings (SSSR count). The minimum Gasteiger partial charge on any atom is -0.339 e. The highest BCUT2D eigenvalue weighted by atomic mass is 15.0. The van der Waals surface area contributed by atoms with Gasteiger partial charge in [0.05, 0.1) is 11.9 Å². The van der Waals surface area contributed by atoms with Crippen molar-refractivity contribution in [1.82, 2.24) is 9.97 Å². The molecule has 1 aliphatic carbocycles. The molecule has 0 aromatic carbocycles. The van der Waals surface area contributed by atoms with E-state index in [9.17, 15) is 0 Å². The summed E-state index contributed by atoms with van der Waals surface area (Å²) >= 11 is 0. The summed E-state index contributed by atoms with van der Waals surface area (Å²) in [6.07, 6.45) is 10.8. The third-order valence-electron chi connectivity index (χ3n) is 4.53. The Morgan fingerprint density at radius 2 is 1.90 bits per heavy atom. The number of anilines is 2. The Morgan fingerprint density at radius 3 is 2.52 bits per heavy atom. The maximum Gasteiger partial charge on any atom is 0.130 e. The highest BCUT2D eigenvalue weighted by molar-refractivity contribution is 5.54. The lowest BCUT2D eigenvalue weighted by atomic mass is 9.71. The average molecular weight is 281 g/mol. The fourth-order valence-corrected chi connectivity index (χ4v) is 3.04. The largest absolute Gasteiger partial charge is 0.339 e. The molecule has 0 unspecified atom stereocenters. The molecular weight excluding hydrogens is 258 g/mol. The zero-order chi connectivity index (χ0) is 14.7. The summed E-state index contributed by atoms with van der Waals surface area (Å²) in [5, 5.41) is 3.27. The summed E-state index contributed by atoms with van der Waals surface area (Å²) in [5.74, 6) is 1.56. The second-order valence-corrected chi connectivity index (χ2v) is 6.78. The molecule has 1 saturated carbocycles. The SMILES string of the molecule is CC1(C)CCC(c2ccc(Nc3cccnc3)nc2)CC1. The van der Waals surface area contributed by atoms with Crippen molar-refractivity contribution in [1.29, 1.82) is 0 Å². The van der Waals surface area contributed by atoms with Gasteiger partial charge in [-0.25, -0.2) is 4.98 Å². The second-order valence-electron chi connectivity index (χ2n) is 6.78. The van der Waals surface area contributed by atoms with Gasteiger partial charge in [-0.05, 0) is 60.8 Å². The maximum atomic E-state index is 4.55. The molecule has 0 saturated heterocycles. The minimum atomic E-state index is 0.520. The molecule has 0 bridgehead atoms. The van der Waals surface area contributed by atoms with Gasteiger partial charge in [-0.2, -0.15) is 0 Å². The predicted molar refractivity (Wildman–Crippen MR) is 86.7 cm³/mol. The Balaban J connectivity index is 1.65. The standard InChI is InChI=1S/C18H23N3/c1-18(2)9-7-14(8-10-18)15-5-6-17(20-12-15)21-16-4-3-11-19-13-16/h3-6,11-14H,7-10H2,1-2H3,(H,20,21). The number of aromatic nitrogens is 2. The van der Waals surface area contributed by atoms with Crippen LogP contribution in [0.15, 0.2) is 42.9 Å². The molecule has 2 heterocycles. The quantitative estimate of drug-likeness (QED) is 0.869. The van der Waals surface area contributed by atoms with Crippen LogP contribution >= 0.6 is 0 Å². The molecule has 1 aliphatic rings. The monoisotopic (exact) mass is 281 g/mol. The van der Waals surface area contributed by atoms with Crippen LogP contribution in [0.1, 0.15) is 51.0 Å². The van der Waals surface area contributed by atoms with Gasteiger partial charge in [-0.1, -0.05) is 19.9 Å².